The van der Waals surface area contributed by atoms with Crippen LogP contribution in [0.3, 0.4) is 0 Å². The number of carbonyl (C=O) groups excluding carboxylic acids is 1. The van der Waals surface area contributed by atoms with Crippen LogP contribution in [0.25, 0.3) is 0 Å². The Morgan fingerprint density at radius 1 is 1.50 bits per heavy atom. The Morgan fingerprint density at radius 2 is 2.19 bits per heavy atom. The van der Waals surface area contributed by atoms with Crippen molar-refractivity contribution in [3.63, 3.8) is 0 Å². The van der Waals surface area contributed by atoms with Crippen LogP contribution in [-0.2, 0) is 9.53 Å². The molecule has 0 saturated carbocycles. The van der Waals surface area contributed by atoms with Gasteiger partial charge in [-0.1, -0.05) is 33.1 Å². The molecular weight excluding hydrogens is 202 g/mol. The first kappa shape index (κ1) is 15.0. The van der Waals surface area contributed by atoms with Gasteiger partial charge in [-0.15, -0.1) is 12.3 Å². The second kappa shape index (κ2) is 9.23. The van der Waals surface area contributed by atoms with Crippen LogP contribution in [0.4, 0.5) is 0 Å². The van der Waals surface area contributed by atoms with Crippen LogP contribution >= 0.6 is 0 Å². The maximum absolute atomic E-state index is 11.4. The molecule has 0 fully saturated rings. The van der Waals surface area contributed by atoms with E-state index in [-0.39, 0.29) is 12.4 Å². The molecule has 0 amide bonds. The van der Waals surface area contributed by atoms with E-state index >= 15 is 0 Å². The second-order valence-electron chi connectivity index (χ2n) is 4.06. The first-order chi connectivity index (χ1) is 7.65. The molecule has 0 radical (unpaired) electrons. The normalized spacial score (nSPS) is 13.9. The highest BCUT2D eigenvalue weighted by atomic mass is 16.5. The maximum atomic E-state index is 11.4. The van der Waals surface area contributed by atoms with E-state index < -0.39 is 6.04 Å². The zero-order chi connectivity index (χ0) is 12.4. The van der Waals surface area contributed by atoms with Gasteiger partial charge < -0.3 is 10.5 Å². The molecule has 0 aliphatic rings. The molecule has 0 aromatic carbocycles. The molecule has 0 aromatic rings. The lowest BCUT2D eigenvalue weighted by Crippen LogP contribution is -2.33. The van der Waals surface area contributed by atoms with Crippen LogP contribution in [0, 0.1) is 18.3 Å². The number of nitrogens with two attached hydrogens (primary N) is 1. The van der Waals surface area contributed by atoms with Gasteiger partial charge in [0.05, 0.1) is 6.61 Å². The molecule has 0 bridgehead atoms. The SMILES string of the molecule is C#CCC(N)C(=O)OCC(CC)CCCC. The zero-order valence-electron chi connectivity index (χ0n) is 10.4. The van der Waals surface area contributed by atoms with Crippen LogP contribution in [-0.4, -0.2) is 18.6 Å². The lowest BCUT2D eigenvalue weighted by molar-refractivity contribution is -0.146. The first-order valence-electron chi connectivity index (χ1n) is 6.01. The van der Waals surface area contributed by atoms with Crippen molar-refractivity contribution in [2.75, 3.05) is 6.61 Å². The van der Waals surface area contributed by atoms with E-state index in [9.17, 15) is 4.79 Å². The summed E-state index contributed by atoms with van der Waals surface area (Å²) in [7, 11) is 0. The highest BCUT2D eigenvalue weighted by Crippen LogP contribution is 2.13. The fourth-order valence-corrected chi connectivity index (χ4v) is 1.42. The molecule has 0 aliphatic carbocycles. The van der Waals surface area contributed by atoms with Crippen molar-refractivity contribution >= 4 is 5.97 Å². The van der Waals surface area contributed by atoms with E-state index in [1.165, 1.54) is 12.8 Å². The first-order valence-corrected chi connectivity index (χ1v) is 6.01. The molecule has 0 aliphatic heterocycles. The minimum absolute atomic E-state index is 0.241. The molecule has 3 nitrogen and oxygen atoms in total. The maximum Gasteiger partial charge on any atom is 0.323 e. The van der Waals surface area contributed by atoms with E-state index in [1.54, 1.807) is 0 Å². The summed E-state index contributed by atoms with van der Waals surface area (Å²) in [5.41, 5.74) is 5.54. The number of unbranched alkanes of at least 4 members (excludes halogenated alkanes) is 1. The van der Waals surface area contributed by atoms with E-state index in [0.717, 1.165) is 12.8 Å². The Balaban J connectivity index is 3.83. The molecule has 3 heteroatoms. The van der Waals surface area contributed by atoms with Gasteiger partial charge in [-0.05, 0) is 12.3 Å². The smallest absolute Gasteiger partial charge is 0.323 e. The summed E-state index contributed by atoms with van der Waals surface area (Å²) in [6, 6.07) is -0.673. The Hall–Kier alpha value is -1.01. The van der Waals surface area contributed by atoms with E-state index in [4.69, 9.17) is 16.9 Å². The second-order valence-corrected chi connectivity index (χ2v) is 4.06. The quantitative estimate of drug-likeness (QED) is 0.508. The van der Waals surface area contributed by atoms with Crippen molar-refractivity contribution in [3.8, 4) is 12.3 Å². The van der Waals surface area contributed by atoms with Crippen LogP contribution in [0.1, 0.15) is 46.0 Å². The summed E-state index contributed by atoms with van der Waals surface area (Å²) < 4.78 is 5.15. The average molecular weight is 225 g/mol. The number of ether oxygens (including phenoxy) is 1. The van der Waals surface area contributed by atoms with E-state index in [0.29, 0.717) is 12.5 Å². The molecule has 0 spiro atoms. The summed E-state index contributed by atoms with van der Waals surface area (Å²) >= 11 is 0. The number of carbonyl (C=O) groups is 1. The molecule has 2 unspecified atom stereocenters. The zero-order valence-corrected chi connectivity index (χ0v) is 10.4. The Kier molecular flexibility index (Phi) is 8.65. The van der Waals surface area contributed by atoms with Crippen molar-refractivity contribution in [2.45, 2.75) is 52.0 Å². The van der Waals surface area contributed by atoms with Gasteiger partial charge in [0.25, 0.3) is 0 Å². The van der Waals surface area contributed by atoms with Crippen molar-refractivity contribution in [1.82, 2.24) is 0 Å². The summed E-state index contributed by atoms with van der Waals surface area (Å²) in [5, 5.41) is 0. The molecular formula is C13H23NO2. The van der Waals surface area contributed by atoms with Gasteiger partial charge in [-0.3, -0.25) is 4.79 Å². The van der Waals surface area contributed by atoms with E-state index in [1.807, 2.05) is 0 Å². The van der Waals surface area contributed by atoms with Gasteiger partial charge in [0.1, 0.15) is 6.04 Å². The Morgan fingerprint density at radius 3 is 2.69 bits per heavy atom. The molecule has 0 heterocycles. The predicted octanol–water partition coefficient (Wildman–Crippen LogP) is 2.10. The van der Waals surface area contributed by atoms with Crippen molar-refractivity contribution < 1.29 is 9.53 Å². The fraction of sp³-hybridized carbons (Fsp3) is 0.769. The van der Waals surface area contributed by atoms with Gasteiger partial charge >= 0.3 is 5.97 Å². The minimum Gasteiger partial charge on any atom is -0.464 e. The van der Waals surface area contributed by atoms with Gasteiger partial charge in [-0.2, -0.15) is 0 Å². The topological polar surface area (TPSA) is 52.3 Å². The van der Waals surface area contributed by atoms with Crippen LogP contribution in [0.2, 0.25) is 0 Å². The minimum atomic E-state index is -0.673. The third-order valence-corrected chi connectivity index (χ3v) is 2.65. The molecule has 0 rings (SSSR count). The van der Waals surface area contributed by atoms with E-state index in [2.05, 4.69) is 19.8 Å². The molecule has 0 saturated heterocycles. The number of rotatable bonds is 8. The monoisotopic (exact) mass is 225 g/mol. The third-order valence-electron chi connectivity index (χ3n) is 2.65. The van der Waals surface area contributed by atoms with Crippen LogP contribution in [0.5, 0.6) is 0 Å². The standard InChI is InChI=1S/C13H23NO2/c1-4-7-9-11(6-3)10-16-13(15)12(14)8-5-2/h2,11-12H,4,6-10,14H2,1,3H3. The van der Waals surface area contributed by atoms with Gasteiger partial charge in [-0.25, -0.2) is 0 Å². The van der Waals surface area contributed by atoms with Crippen molar-refractivity contribution in [2.24, 2.45) is 11.7 Å². The number of terminal acetylenes is 1. The number of esters is 1. The summed E-state index contributed by atoms with van der Waals surface area (Å²) in [6.07, 6.45) is 9.79. The highest BCUT2D eigenvalue weighted by molar-refractivity contribution is 5.75. The lowest BCUT2D eigenvalue weighted by Gasteiger charge is -2.16. The van der Waals surface area contributed by atoms with Gasteiger partial charge in [0.15, 0.2) is 0 Å². The largest absolute Gasteiger partial charge is 0.464 e. The molecule has 0 aromatic heterocycles. The molecule has 92 valence electrons. The van der Waals surface area contributed by atoms with Gasteiger partial charge in [0, 0.05) is 6.42 Å². The summed E-state index contributed by atoms with van der Waals surface area (Å²) in [6.45, 7) is 4.73. The van der Waals surface area contributed by atoms with Crippen LogP contribution in [0.15, 0.2) is 0 Å². The van der Waals surface area contributed by atoms with Crippen molar-refractivity contribution in [3.05, 3.63) is 0 Å². The number of hydrogen-bond donors (Lipinski definition) is 1. The average Bonchev–Trinajstić information content (AvgIpc) is 2.29. The lowest BCUT2D eigenvalue weighted by atomic mass is 10.0. The predicted molar refractivity (Wildman–Crippen MR) is 65.7 cm³/mol. The van der Waals surface area contributed by atoms with Crippen molar-refractivity contribution in [1.29, 1.82) is 0 Å². The Labute approximate surface area is 98.7 Å². The molecule has 16 heavy (non-hydrogen) atoms. The summed E-state index contributed by atoms with van der Waals surface area (Å²) in [4.78, 5) is 11.4. The van der Waals surface area contributed by atoms with Gasteiger partial charge in [0.2, 0.25) is 0 Å². The molecule has 2 N–H and O–H groups in total. The van der Waals surface area contributed by atoms with Crippen LogP contribution < -0.4 is 5.73 Å². The fourth-order valence-electron chi connectivity index (χ4n) is 1.42. The number of hydrogen-bond acceptors (Lipinski definition) is 3. The third kappa shape index (κ3) is 6.47. The molecule has 2 atom stereocenters. The summed E-state index contributed by atoms with van der Waals surface area (Å²) in [5.74, 6) is 2.42. The Bertz CT molecular complexity index is 233. The highest BCUT2D eigenvalue weighted by Gasteiger charge is 2.15.